The van der Waals surface area contributed by atoms with Gasteiger partial charge in [0.25, 0.3) is 0 Å². The van der Waals surface area contributed by atoms with Crippen LogP contribution in [0.25, 0.3) is 0 Å². The molecule has 162 valence electrons. The number of nitrogens with zero attached hydrogens (tertiary/aromatic N) is 3. The van der Waals surface area contributed by atoms with E-state index in [1.54, 1.807) is 11.3 Å². The summed E-state index contributed by atoms with van der Waals surface area (Å²) >= 11 is 1.79. The molecule has 1 aromatic carbocycles. The number of ether oxygens (including phenoxy) is 1. The molecule has 3 heterocycles. The van der Waals surface area contributed by atoms with Crippen LogP contribution in [-0.2, 0) is 9.53 Å². The first kappa shape index (κ1) is 21.3. The van der Waals surface area contributed by atoms with E-state index in [4.69, 9.17) is 4.74 Å². The minimum Gasteiger partial charge on any atom is -0.379 e. The molecule has 2 fully saturated rings. The van der Waals surface area contributed by atoms with Crippen LogP contribution in [-0.4, -0.2) is 80.8 Å². The molecule has 0 aliphatic carbocycles. The smallest absolute Gasteiger partial charge is 0.239 e. The summed E-state index contributed by atoms with van der Waals surface area (Å²) in [6.07, 6.45) is 0. The van der Waals surface area contributed by atoms with E-state index in [-0.39, 0.29) is 11.9 Å². The zero-order chi connectivity index (χ0) is 20.8. The molecule has 1 amide bonds. The van der Waals surface area contributed by atoms with Crippen LogP contribution in [0.3, 0.4) is 0 Å². The fraction of sp³-hybridized carbons (Fsp3) is 0.522. The number of para-hydroxylation sites is 1. The largest absolute Gasteiger partial charge is 0.379 e. The number of hydrogen-bond acceptors (Lipinski definition) is 6. The standard InChI is InChI=1S/C23H32N4O2S/c1-19(23(28)27-11-9-25(10-12-27)20-6-3-2-4-7-20)24-18-21(22-8-5-17-30-22)26-13-15-29-16-14-26/h2-8,17,19,21,24H,9-16,18H2,1H3. The van der Waals surface area contributed by atoms with Crippen LogP contribution >= 0.6 is 11.3 Å². The highest BCUT2D eigenvalue weighted by atomic mass is 32.1. The number of morpholine rings is 1. The van der Waals surface area contributed by atoms with Crippen LogP contribution in [0.2, 0.25) is 0 Å². The molecule has 2 saturated heterocycles. The van der Waals surface area contributed by atoms with Crippen molar-refractivity contribution in [1.82, 2.24) is 15.1 Å². The van der Waals surface area contributed by atoms with Crippen molar-refractivity contribution in [3.63, 3.8) is 0 Å². The zero-order valence-electron chi connectivity index (χ0n) is 17.7. The molecule has 6 nitrogen and oxygen atoms in total. The van der Waals surface area contributed by atoms with Crippen molar-refractivity contribution in [3.05, 3.63) is 52.7 Å². The quantitative estimate of drug-likeness (QED) is 0.734. The van der Waals surface area contributed by atoms with Gasteiger partial charge in [0, 0.05) is 56.4 Å². The summed E-state index contributed by atoms with van der Waals surface area (Å²) in [5.41, 5.74) is 1.24. The van der Waals surface area contributed by atoms with Crippen LogP contribution in [0.1, 0.15) is 17.8 Å². The van der Waals surface area contributed by atoms with Gasteiger partial charge in [-0.25, -0.2) is 0 Å². The van der Waals surface area contributed by atoms with Crippen molar-refractivity contribution in [2.75, 3.05) is 63.9 Å². The molecule has 0 bridgehead atoms. The maximum Gasteiger partial charge on any atom is 0.239 e. The number of hydrogen-bond donors (Lipinski definition) is 1. The molecule has 7 heteroatoms. The van der Waals surface area contributed by atoms with E-state index in [0.29, 0.717) is 6.04 Å². The summed E-state index contributed by atoms with van der Waals surface area (Å²) in [6.45, 7) is 9.53. The number of nitrogens with one attached hydrogen (secondary N) is 1. The Morgan fingerprint density at radius 1 is 1.03 bits per heavy atom. The Morgan fingerprint density at radius 2 is 1.77 bits per heavy atom. The highest BCUT2D eigenvalue weighted by Gasteiger charge is 2.28. The molecule has 0 saturated carbocycles. The van der Waals surface area contributed by atoms with Gasteiger partial charge in [-0.1, -0.05) is 24.3 Å². The SMILES string of the molecule is CC(NCC(c1cccs1)N1CCOCC1)C(=O)N1CCN(c2ccccc2)CC1. The Labute approximate surface area is 183 Å². The fourth-order valence-corrected chi connectivity index (χ4v) is 5.11. The Bertz CT molecular complexity index is 772. The van der Waals surface area contributed by atoms with Crippen LogP contribution in [0.15, 0.2) is 47.8 Å². The normalized spacial score (nSPS) is 20.2. The van der Waals surface area contributed by atoms with Gasteiger partial charge < -0.3 is 19.9 Å². The lowest BCUT2D eigenvalue weighted by Gasteiger charge is -2.38. The molecule has 4 rings (SSSR count). The number of carbonyl (C=O) groups is 1. The summed E-state index contributed by atoms with van der Waals surface area (Å²) in [5, 5.41) is 5.66. The van der Waals surface area contributed by atoms with Gasteiger partial charge in [-0.05, 0) is 30.5 Å². The second-order valence-corrected chi connectivity index (χ2v) is 8.94. The molecule has 2 unspecified atom stereocenters. The minimum atomic E-state index is -0.184. The number of rotatable bonds is 7. The predicted molar refractivity (Wildman–Crippen MR) is 122 cm³/mol. The summed E-state index contributed by atoms with van der Waals surface area (Å²) in [6, 6.07) is 14.9. The van der Waals surface area contributed by atoms with E-state index in [9.17, 15) is 4.79 Å². The average Bonchev–Trinajstić information content (AvgIpc) is 3.35. The van der Waals surface area contributed by atoms with E-state index in [0.717, 1.165) is 59.0 Å². The van der Waals surface area contributed by atoms with Crippen molar-refractivity contribution in [1.29, 1.82) is 0 Å². The average molecular weight is 429 g/mol. The fourth-order valence-electron chi connectivity index (χ4n) is 4.25. The third-order valence-corrected chi connectivity index (χ3v) is 7.03. The number of benzene rings is 1. The number of thiophene rings is 1. The lowest BCUT2D eigenvalue weighted by Crippen LogP contribution is -2.54. The maximum absolute atomic E-state index is 13.0. The van der Waals surface area contributed by atoms with Gasteiger partial charge in [0.1, 0.15) is 0 Å². The molecule has 2 aliphatic rings. The molecule has 2 aliphatic heterocycles. The van der Waals surface area contributed by atoms with Crippen molar-refractivity contribution in [2.24, 2.45) is 0 Å². The van der Waals surface area contributed by atoms with Gasteiger partial charge in [0.2, 0.25) is 5.91 Å². The van der Waals surface area contributed by atoms with Crippen molar-refractivity contribution in [3.8, 4) is 0 Å². The molecular formula is C23H32N4O2S. The zero-order valence-corrected chi connectivity index (χ0v) is 18.5. The molecule has 2 atom stereocenters. The first-order chi connectivity index (χ1) is 14.7. The van der Waals surface area contributed by atoms with Gasteiger partial charge in [0.15, 0.2) is 0 Å². The molecule has 1 aromatic heterocycles. The second kappa shape index (κ2) is 10.4. The highest BCUT2D eigenvalue weighted by molar-refractivity contribution is 7.10. The predicted octanol–water partition coefficient (Wildman–Crippen LogP) is 2.45. The molecule has 30 heavy (non-hydrogen) atoms. The number of carbonyl (C=O) groups excluding carboxylic acids is 1. The van der Waals surface area contributed by atoms with Gasteiger partial charge >= 0.3 is 0 Å². The summed E-state index contributed by atoms with van der Waals surface area (Å²) in [7, 11) is 0. The molecule has 2 aromatic rings. The lowest BCUT2D eigenvalue weighted by atomic mass is 10.1. The van der Waals surface area contributed by atoms with E-state index in [1.165, 1.54) is 10.6 Å². The van der Waals surface area contributed by atoms with E-state index in [2.05, 4.69) is 56.9 Å². The van der Waals surface area contributed by atoms with Crippen molar-refractivity contribution in [2.45, 2.75) is 19.0 Å². The van der Waals surface area contributed by atoms with Gasteiger partial charge in [-0.2, -0.15) is 0 Å². The first-order valence-corrected chi connectivity index (χ1v) is 11.8. The minimum absolute atomic E-state index is 0.184. The van der Waals surface area contributed by atoms with Crippen molar-refractivity contribution >= 4 is 22.9 Å². The molecule has 1 N–H and O–H groups in total. The van der Waals surface area contributed by atoms with Crippen LogP contribution in [0.5, 0.6) is 0 Å². The molecule has 0 spiro atoms. The summed E-state index contributed by atoms with van der Waals surface area (Å²) in [4.78, 5) is 21.2. The highest BCUT2D eigenvalue weighted by Crippen LogP contribution is 2.25. The van der Waals surface area contributed by atoms with Gasteiger partial charge in [0.05, 0.1) is 25.3 Å². The van der Waals surface area contributed by atoms with Gasteiger partial charge in [-0.15, -0.1) is 11.3 Å². The van der Waals surface area contributed by atoms with Crippen LogP contribution in [0, 0.1) is 0 Å². The Morgan fingerprint density at radius 3 is 2.43 bits per heavy atom. The first-order valence-electron chi connectivity index (χ1n) is 10.9. The molecule has 0 radical (unpaired) electrons. The van der Waals surface area contributed by atoms with E-state index in [1.807, 2.05) is 17.9 Å². The summed E-state index contributed by atoms with van der Waals surface area (Å²) in [5.74, 6) is 0.203. The number of amides is 1. The Kier molecular flexibility index (Phi) is 7.38. The van der Waals surface area contributed by atoms with Crippen molar-refractivity contribution < 1.29 is 9.53 Å². The third-order valence-electron chi connectivity index (χ3n) is 6.06. The second-order valence-electron chi connectivity index (χ2n) is 7.96. The van der Waals surface area contributed by atoms with E-state index < -0.39 is 0 Å². The number of piperazine rings is 1. The Balaban J connectivity index is 1.29. The number of anilines is 1. The molecular weight excluding hydrogens is 396 g/mol. The Hall–Kier alpha value is -1.93. The van der Waals surface area contributed by atoms with Gasteiger partial charge in [-0.3, -0.25) is 9.69 Å². The summed E-state index contributed by atoms with van der Waals surface area (Å²) < 4.78 is 5.53. The third kappa shape index (κ3) is 5.21. The maximum atomic E-state index is 13.0. The van der Waals surface area contributed by atoms with Crippen LogP contribution < -0.4 is 10.2 Å². The van der Waals surface area contributed by atoms with Crippen LogP contribution in [0.4, 0.5) is 5.69 Å². The topological polar surface area (TPSA) is 48.1 Å². The lowest BCUT2D eigenvalue weighted by molar-refractivity contribution is -0.133. The van der Waals surface area contributed by atoms with E-state index >= 15 is 0 Å². The monoisotopic (exact) mass is 428 g/mol.